The van der Waals surface area contributed by atoms with Gasteiger partial charge in [0.05, 0.1) is 0 Å². The fourth-order valence-corrected chi connectivity index (χ4v) is 1.23. The van der Waals surface area contributed by atoms with Gasteiger partial charge in [-0.1, -0.05) is 18.2 Å². The molecule has 1 aliphatic rings. The van der Waals surface area contributed by atoms with E-state index in [-0.39, 0.29) is 17.9 Å². The molecule has 13 heavy (non-hydrogen) atoms. The van der Waals surface area contributed by atoms with Crippen LogP contribution in [-0.2, 0) is 0 Å². The van der Waals surface area contributed by atoms with E-state index in [1.165, 1.54) is 0 Å². The molecule has 1 aromatic carbocycles. The first-order chi connectivity index (χ1) is 6.27. The predicted molar refractivity (Wildman–Crippen MR) is 45.7 cm³/mol. The SMILES string of the molecule is O=C1NNC(c2ccccc2O)N1. The molecule has 0 radical (unpaired) electrons. The second-order valence-corrected chi connectivity index (χ2v) is 2.73. The van der Waals surface area contributed by atoms with Crippen molar-refractivity contribution in [1.29, 1.82) is 0 Å². The molecule has 0 bridgehead atoms. The Morgan fingerprint density at radius 3 is 2.69 bits per heavy atom. The normalized spacial score (nSPS) is 20.9. The molecule has 1 fully saturated rings. The van der Waals surface area contributed by atoms with Gasteiger partial charge >= 0.3 is 6.03 Å². The van der Waals surface area contributed by atoms with Gasteiger partial charge in [-0.2, -0.15) is 0 Å². The molecular formula is C8H9N3O2. The average Bonchev–Trinajstić information content (AvgIpc) is 2.53. The highest BCUT2D eigenvalue weighted by atomic mass is 16.3. The van der Waals surface area contributed by atoms with Gasteiger partial charge in [-0.15, -0.1) is 0 Å². The van der Waals surface area contributed by atoms with Gasteiger partial charge in [0.15, 0.2) is 0 Å². The van der Waals surface area contributed by atoms with Crippen molar-refractivity contribution in [3.63, 3.8) is 0 Å². The number of carbonyl (C=O) groups excluding carboxylic acids is 1. The van der Waals surface area contributed by atoms with Crippen molar-refractivity contribution in [3.8, 4) is 5.75 Å². The molecule has 0 saturated carbocycles. The number of phenolic OH excluding ortho intramolecular Hbond substituents is 1. The minimum atomic E-state index is -0.367. The fourth-order valence-electron chi connectivity index (χ4n) is 1.23. The van der Waals surface area contributed by atoms with E-state index in [1.807, 2.05) is 0 Å². The van der Waals surface area contributed by atoms with E-state index in [0.29, 0.717) is 5.56 Å². The molecule has 1 atom stereocenters. The van der Waals surface area contributed by atoms with Crippen LogP contribution in [0.15, 0.2) is 24.3 Å². The van der Waals surface area contributed by atoms with Gasteiger partial charge in [0, 0.05) is 5.56 Å². The predicted octanol–water partition coefficient (Wildman–Crippen LogP) is 0.208. The number of phenols is 1. The lowest BCUT2D eigenvalue weighted by Gasteiger charge is -2.10. The topological polar surface area (TPSA) is 73.4 Å². The molecular weight excluding hydrogens is 170 g/mol. The molecule has 1 aromatic rings. The number of rotatable bonds is 1. The summed E-state index contributed by atoms with van der Waals surface area (Å²) in [6.45, 7) is 0. The molecule has 5 nitrogen and oxygen atoms in total. The summed E-state index contributed by atoms with van der Waals surface area (Å²) in [4.78, 5) is 10.8. The minimum Gasteiger partial charge on any atom is -0.508 e. The zero-order valence-corrected chi connectivity index (χ0v) is 6.74. The van der Waals surface area contributed by atoms with E-state index in [4.69, 9.17) is 0 Å². The molecule has 2 amide bonds. The van der Waals surface area contributed by atoms with Crippen molar-refractivity contribution in [2.75, 3.05) is 0 Å². The largest absolute Gasteiger partial charge is 0.508 e. The first kappa shape index (κ1) is 7.88. The van der Waals surface area contributed by atoms with E-state index in [0.717, 1.165) is 0 Å². The number of para-hydroxylation sites is 1. The third-order valence-electron chi connectivity index (χ3n) is 1.85. The number of hydrogen-bond acceptors (Lipinski definition) is 3. The Hall–Kier alpha value is -1.75. The molecule has 2 rings (SSSR count). The van der Waals surface area contributed by atoms with Crippen LogP contribution in [0.1, 0.15) is 11.7 Å². The Morgan fingerprint density at radius 1 is 1.31 bits per heavy atom. The van der Waals surface area contributed by atoms with Gasteiger partial charge in [-0.3, -0.25) is 5.43 Å². The minimum absolute atomic E-state index is 0.156. The maximum absolute atomic E-state index is 10.8. The number of benzene rings is 1. The van der Waals surface area contributed by atoms with Crippen LogP contribution >= 0.6 is 0 Å². The van der Waals surface area contributed by atoms with Crippen LogP contribution in [0.3, 0.4) is 0 Å². The lowest BCUT2D eigenvalue weighted by Crippen LogP contribution is -2.26. The number of carbonyl (C=O) groups is 1. The van der Waals surface area contributed by atoms with Gasteiger partial charge in [0.25, 0.3) is 0 Å². The number of hydrazine groups is 1. The van der Waals surface area contributed by atoms with Crippen molar-refractivity contribution in [3.05, 3.63) is 29.8 Å². The van der Waals surface area contributed by atoms with Gasteiger partial charge in [-0.25, -0.2) is 10.2 Å². The Balaban J connectivity index is 2.26. The van der Waals surface area contributed by atoms with E-state index in [1.54, 1.807) is 24.3 Å². The maximum Gasteiger partial charge on any atom is 0.330 e. The van der Waals surface area contributed by atoms with Crippen molar-refractivity contribution in [1.82, 2.24) is 16.2 Å². The second kappa shape index (κ2) is 2.95. The van der Waals surface area contributed by atoms with Crippen LogP contribution in [0.4, 0.5) is 4.79 Å². The van der Waals surface area contributed by atoms with Crippen molar-refractivity contribution < 1.29 is 9.90 Å². The molecule has 0 aromatic heterocycles. The molecule has 5 heteroatoms. The van der Waals surface area contributed by atoms with E-state index in [2.05, 4.69) is 16.2 Å². The van der Waals surface area contributed by atoms with Gasteiger partial charge < -0.3 is 10.4 Å². The molecule has 68 valence electrons. The number of amides is 2. The fraction of sp³-hybridized carbons (Fsp3) is 0.125. The summed E-state index contributed by atoms with van der Waals surface area (Å²) >= 11 is 0. The summed E-state index contributed by atoms with van der Waals surface area (Å²) in [5, 5.41) is 12.0. The van der Waals surface area contributed by atoms with Crippen LogP contribution in [0.2, 0.25) is 0 Å². The summed E-state index contributed by atoms with van der Waals surface area (Å²) in [5.41, 5.74) is 5.72. The Bertz CT molecular complexity index is 340. The molecule has 4 N–H and O–H groups in total. The smallest absolute Gasteiger partial charge is 0.330 e. The van der Waals surface area contributed by atoms with Crippen LogP contribution < -0.4 is 16.2 Å². The molecule has 1 heterocycles. The van der Waals surface area contributed by atoms with E-state index in [9.17, 15) is 9.90 Å². The highest BCUT2D eigenvalue weighted by Gasteiger charge is 2.22. The van der Waals surface area contributed by atoms with Crippen LogP contribution in [0.25, 0.3) is 0 Å². The molecule has 1 aliphatic heterocycles. The summed E-state index contributed by atoms with van der Waals surface area (Å²) in [6.07, 6.45) is -0.367. The molecule has 0 spiro atoms. The summed E-state index contributed by atoms with van der Waals surface area (Å²) in [6, 6.07) is 6.53. The zero-order chi connectivity index (χ0) is 9.26. The van der Waals surface area contributed by atoms with Gasteiger partial charge in [-0.05, 0) is 6.07 Å². The monoisotopic (exact) mass is 179 g/mol. The quantitative estimate of drug-likeness (QED) is 0.498. The third kappa shape index (κ3) is 1.41. The first-order valence-corrected chi connectivity index (χ1v) is 3.87. The lowest BCUT2D eigenvalue weighted by molar-refractivity contribution is 0.247. The van der Waals surface area contributed by atoms with Gasteiger partial charge in [0.2, 0.25) is 0 Å². The lowest BCUT2D eigenvalue weighted by atomic mass is 10.1. The zero-order valence-electron chi connectivity index (χ0n) is 6.74. The van der Waals surface area contributed by atoms with E-state index < -0.39 is 0 Å². The Labute approximate surface area is 74.7 Å². The summed E-state index contributed by atoms with van der Waals surface area (Å²) in [7, 11) is 0. The third-order valence-corrected chi connectivity index (χ3v) is 1.85. The highest BCUT2D eigenvalue weighted by molar-refractivity contribution is 5.76. The summed E-state index contributed by atoms with van der Waals surface area (Å²) < 4.78 is 0. The standard InChI is InChI=1S/C8H9N3O2/c12-6-4-2-1-3-5(6)7-9-8(13)11-10-7/h1-4,7,10,12H,(H2,9,11,13). The maximum atomic E-state index is 10.8. The first-order valence-electron chi connectivity index (χ1n) is 3.87. The molecule has 1 saturated heterocycles. The second-order valence-electron chi connectivity index (χ2n) is 2.73. The number of aromatic hydroxyl groups is 1. The van der Waals surface area contributed by atoms with Crippen LogP contribution in [0, 0.1) is 0 Å². The number of hydrogen-bond donors (Lipinski definition) is 4. The van der Waals surface area contributed by atoms with Crippen LogP contribution in [0.5, 0.6) is 5.75 Å². The van der Waals surface area contributed by atoms with Crippen molar-refractivity contribution in [2.45, 2.75) is 6.17 Å². The van der Waals surface area contributed by atoms with Gasteiger partial charge in [0.1, 0.15) is 11.9 Å². The highest BCUT2D eigenvalue weighted by Crippen LogP contribution is 2.22. The Morgan fingerprint density at radius 2 is 2.08 bits per heavy atom. The Kier molecular flexibility index (Phi) is 1.79. The summed E-state index contributed by atoms with van der Waals surface area (Å²) in [5.74, 6) is 0.156. The van der Waals surface area contributed by atoms with Crippen molar-refractivity contribution >= 4 is 6.03 Å². The van der Waals surface area contributed by atoms with E-state index >= 15 is 0 Å². The molecule has 1 unspecified atom stereocenters. The van der Waals surface area contributed by atoms with Crippen LogP contribution in [-0.4, -0.2) is 11.1 Å². The number of urea groups is 1. The average molecular weight is 179 g/mol. The molecule has 0 aliphatic carbocycles. The van der Waals surface area contributed by atoms with Crippen molar-refractivity contribution in [2.24, 2.45) is 0 Å². The number of nitrogens with one attached hydrogen (secondary N) is 3.